The smallest absolute Gasteiger partial charge is 0.414 e. The van der Waals surface area contributed by atoms with Gasteiger partial charge in [-0.3, -0.25) is 10.1 Å². The number of nitrogens with one attached hydrogen (secondary N) is 1. The first-order valence-electron chi connectivity index (χ1n) is 11.3. The van der Waals surface area contributed by atoms with E-state index in [1.807, 2.05) is 42.0 Å². The second kappa shape index (κ2) is 13.6. The van der Waals surface area contributed by atoms with Crippen LogP contribution in [0.15, 0.2) is 55.1 Å². The highest BCUT2D eigenvalue weighted by Crippen LogP contribution is 2.36. The highest BCUT2D eigenvalue weighted by Gasteiger charge is 2.19. The molecule has 0 aliphatic carbocycles. The van der Waals surface area contributed by atoms with Gasteiger partial charge in [-0.15, -0.1) is 0 Å². The lowest BCUT2D eigenvalue weighted by molar-refractivity contribution is -0.385. The Morgan fingerprint density at radius 2 is 1.86 bits per heavy atom. The predicted octanol–water partition coefficient (Wildman–Crippen LogP) is 4.35. The van der Waals surface area contributed by atoms with Gasteiger partial charge in [-0.25, -0.2) is 14.6 Å². The Morgan fingerprint density at radius 1 is 1.14 bits per heavy atom. The summed E-state index contributed by atoms with van der Waals surface area (Å²) in [6.45, 7) is 8.39. The van der Waals surface area contributed by atoms with E-state index in [2.05, 4.69) is 24.1 Å². The molecule has 36 heavy (non-hydrogen) atoms. The van der Waals surface area contributed by atoms with Crippen LogP contribution in [-0.2, 0) is 22.7 Å². The Bertz CT molecular complexity index is 1170. The van der Waals surface area contributed by atoms with Gasteiger partial charge in [0.25, 0.3) is 0 Å². The zero-order valence-electron chi connectivity index (χ0n) is 20.4. The number of carboxylic acids is 2. The SMILES string of the molecule is Cc1ccc(C(C)C)c(Oc2ccc(CNCCCn3ccnc3)cc2[N+](=O)[O-])c1.O=C(O)C(=O)O. The molecule has 1 heterocycles. The average Bonchev–Trinajstić information content (AvgIpc) is 3.33. The number of aromatic nitrogens is 2. The molecular formula is C25H30N4O7. The summed E-state index contributed by atoms with van der Waals surface area (Å²) in [6, 6.07) is 11.1. The highest BCUT2D eigenvalue weighted by atomic mass is 16.6. The third-order valence-electron chi connectivity index (χ3n) is 5.07. The number of rotatable bonds is 10. The van der Waals surface area contributed by atoms with Crippen LogP contribution in [0.3, 0.4) is 0 Å². The summed E-state index contributed by atoms with van der Waals surface area (Å²) >= 11 is 0. The molecule has 3 aromatic rings. The lowest BCUT2D eigenvalue weighted by atomic mass is 10.0. The summed E-state index contributed by atoms with van der Waals surface area (Å²) in [5.74, 6) is -2.47. The quantitative estimate of drug-likeness (QED) is 0.160. The maximum Gasteiger partial charge on any atom is 0.414 e. The molecule has 11 nitrogen and oxygen atoms in total. The van der Waals surface area contributed by atoms with Crippen LogP contribution >= 0.6 is 0 Å². The molecule has 0 radical (unpaired) electrons. The molecule has 0 aliphatic rings. The van der Waals surface area contributed by atoms with Crippen LogP contribution in [0.5, 0.6) is 11.5 Å². The normalized spacial score (nSPS) is 10.4. The minimum atomic E-state index is -1.82. The topological polar surface area (TPSA) is 157 Å². The van der Waals surface area contributed by atoms with Crippen molar-refractivity contribution in [3.05, 3.63) is 81.9 Å². The maximum absolute atomic E-state index is 11.7. The molecule has 0 fully saturated rings. The minimum absolute atomic E-state index is 0.0241. The zero-order chi connectivity index (χ0) is 26.7. The number of ether oxygens (including phenoxy) is 1. The molecule has 0 saturated heterocycles. The number of carboxylic acid groups (broad SMARTS) is 2. The van der Waals surface area contributed by atoms with Crippen molar-refractivity contribution in [2.45, 2.75) is 46.2 Å². The first-order valence-corrected chi connectivity index (χ1v) is 11.3. The molecule has 0 spiro atoms. The van der Waals surface area contributed by atoms with Crippen LogP contribution in [0, 0.1) is 17.0 Å². The van der Waals surface area contributed by atoms with E-state index in [4.69, 9.17) is 24.5 Å². The van der Waals surface area contributed by atoms with Gasteiger partial charge in [0, 0.05) is 31.5 Å². The second-order valence-corrected chi connectivity index (χ2v) is 8.30. The molecule has 3 rings (SSSR count). The number of aryl methyl sites for hydroxylation is 2. The van der Waals surface area contributed by atoms with Crippen molar-refractivity contribution in [1.29, 1.82) is 0 Å². The molecule has 0 aliphatic heterocycles. The Balaban J connectivity index is 0.000000678. The first-order chi connectivity index (χ1) is 17.1. The molecule has 192 valence electrons. The Labute approximate surface area is 208 Å². The van der Waals surface area contributed by atoms with Crippen molar-refractivity contribution < 1.29 is 29.5 Å². The maximum atomic E-state index is 11.7. The second-order valence-electron chi connectivity index (χ2n) is 8.30. The predicted molar refractivity (Wildman–Crippen MR) is 132 cm³/mol. The number of hydrogen-bond acceptors (Lipinski definition) is 7. The monoisotopic (exact) mass is 498 g/mol. The molecule has 0 amide bonds. The summed E-state index contributed by atoms with van der Waals surface area (Å²) in [4.78, 5) is 33.5. The third kappa shape index (κ3) is 8.84. The summed E-state index contributed by atoms with van der Waals surface area (Å²) in [7, 11) is 0. The van der Waals surface area contributed by atoms with Gasteiger partial charge in [0.05, 0.1) is 11.3 Å². The van der Waals surface area contributed by atoms with Crippen molar-refractivity contribution in [1.82, 2.24) is 14.9 Å². The van der Waals surface area contributed by atoms with Crippen molar-refractivity contribution in [2.24, 2.45) is 0 Å². The summed E-state index contributed by atoms with van der Waals surface area (Å²) in [6.07, 6.45) is 6.43. The van der Waals surface area contributed by atoms with Gasteiger partial charge in [0.15, 0.2) is 0 Å². The Kier molecular flexibility index (Phi) is 10.6. The number of benzene rings is 2. The van der Waals surface area contributed by atoms with E-state index in [0.717, 1.165) is 36.2 Å². The number of nitrogens with zero attached hydrogens (tertiary/aromatic N) is 3. The Morgan fingerprint density at radius 3 is 2.44 bits per heavy atom. The lowest BCUT2D eigenvalue weighted by Gasteiger charge is -2.15. The van der Waals surface area contributed by atoms with Crippen LogP contribution in [0.4, 0.5) is 5.69 Å². The van der Waals surface area contributed by atoms with Crippen LogP contribution in [-0.4, -0.2) is 43.2 Å². The molecule has 3 N–H and O–H groups in total. The number of hydrogen-bond donors (Lipinski definition) is 3. The van der Waals surface area contributed by atoms with Gasteiger partial charge < -0.3 is 24.8 Å². The van der Waals surface area contributed by atoms with Crippen molar-refractivity contribution in [3.63, 3.8) is 0 Å². The van der Waals surface area contributed by atoms with Gasteiger partial charge >= 0.3 is 17.6 Å². The fraction of sp³-hybridized carbons (Fsp3) is 0.320. The van der Waals surface area contributed by atoms with E-state index in [1.165, 1.54) is 0 Å². The van der Waals surface area contributed by atoms with Crippen molar-refractivity contribution in [3.8, 4) is 11.5 Å². The van der Waals surface area contributed by atoms with Crippen LogP contribution in [0.1, 0.15) is 42.9 Å². The fourth-order valence-electron chi connectivity index (χ4n) is 3.27. The van der Waals surface area contributed by atoms with E-state index in [9.17, 15) is 10.1 Å². The van der Waals surface area contributed by atoms with Crippen LogP contribution < -0.4 is 10.1 Å². The molecule has 1 aromatic heterocycles. The number of nitro groups is 1. The van der Waals surface area contributed by atoms with Gasteiger partial charge in [-0.2, -0.15) is 0 Å². The fourth-order valence-corrected chi connectivity index (χ4v) is 3.27. The number of carbonyl (C=O) groups is 2. The van der Waals surface area contributed by atoms with Crippen LogP contribution in [0.25, 0.3) is 0 Å². The van der Waals surface area contributed by atoms with E-state index >= 15 is 0 Å². The lowest BCUT2D eigenvalue weighted by Crippen LogP contribution is -2.16. The molecule has 0 unspecified atom stereocenters. The van der Waals surface area contributed by atoms with Gasteiger partial charge in [0.1, 0.15) is 5.75 Å². The summed E-state index contributed by atoms with van der Waals surface area (Å²) in [5.41, 5.74) is 2.90. The van der Waals surface area contributed by atoms with Gasteiger partial charge in [-0.05, 0) is 54.6 Å². The van der Waals surface area contributed by atoms with E-state index in [1.54, 1.807) is 24.7 Å². The van der Waals surface area contributed by atoms with Gasteiger partial charge in [0.2, 0.25) is 5.75 Å². The number of aliphatic carboxylic acids is 2. The molecule has 11 heteroatoms. The molecule has 0 saturated carbocycles. The van der Waals surface area contributed by atoms with E-state index in [0.29, 0.717) is 12.3 Å². The minimum Gasteiger partial charge on any atom is -0.473 e. The average molecular weight is 499 g/mol. The summed E-state index contributed by atoms with van der Waals surface area (Å²) in [5, 5.41) is 29.8. The highest BCUT2D eigenvalue weighted by molar-refractivity contribution is 6.27. The molecular weight excluding hydrogens is 468 g/mol. The first kappa shape index (κ1) is 28.0. The Hall–Kier alpha value is -4.25. The van der Waals surface area contributed by atoms with Gasteiger partial charge in [-0.1, -0.05) is 32.0 Å². The zero-order valence-corrected chi connectivity index (χ0v) is 20.4. The standard InChI is InChI=1S/C23H28N4O3.C2H2O4/c1-17(2)20-7-5-18(3)13-23(20)30-22-8-6-19(14-21(22)27(28)29)15-24-9-4-11-26-12-10-25-16-26;3-1(4)2(5)6/h5-8,10,12-14,16-17,24H,4,9,11,15H2,1-3H3;(H,3,4)(H,5,6). The molecule has 0 atom stereocenters. The van der Waals surface area contributed by atoms with Crippen molar-refractivity contribution in [2.75, 3.05) is 6.54 Å². The number of nitro benzene ring substituents is 1. The number of imidazole rings is 1. The molecule has 0 bridgehead atoms. The van der Waals surface area contributed by atoms with Crippen LogP contribution in [0.2, 0.25) is 0 Å². The van der Waals surface area contributed by atoms with E-state index in [-0.39, 0.29) is 22.3 Å². The summed E-state index contributed by atoms with van der Waals surface area (Å²) < 4.78 is 8.04. The van der Waals surface area contributed by atoms with E-state index < -0.39 is 11.9 Å². The molecule has 2 aromatic carbocycles. The van der Waals surface area contributed by atoms with Crippen molar-refractivity contribution >= 4 is 17.6 Å². The third-order valence-corrected chi connectivity index (χ3v) is 5.07. The largest absolute Gasteiger partial charge is 0.473 e.